The van der Waals surface area contributed by atoms with Gasteiger partial charge in [0.2, 0.25) is 5.91 Å². The molecule has 2 heterocycles. The first-order valence-corrected chi connectivity index (χ1v) is 10.9. The third-order valence-corrected chi connectivity index (χ3v) is 6.45. The Kier molecular flexibility index (Phi) is 6.12. The largest absolute Gasteiger partial charge is 0.288 e. The van der Waals surface area contributed by atoms with Crippen LogP contribution in [0.1, 0.15) is 42.9 Å². The van der Waals surface area contributed by atoms with Gasteiger partial charge in [0.1, 0.15) is 12.1 Å². The van der Waals surface area contributed by atoms with Crippen LogP contribution in [0.25, 0.3) is 0 Å². The van der Waals surface area contributed by atoms with Gasteiger partial charge in [0, 0.05) is 22.2 Å². The first kappa shape index (κ1) is 21.5. The van der Waals surface area contributed by atoms with E-state index in [0.717, 1.165) is 11.1 Å². The summed E-state index contributed by atoms with van der Waals surface area (Å²) in [5.41, 5.74) is 1.44. The van der Waals surface area contributed by atoms with Crippen molar-refractivity contribution in [3.05, 3.63) is 101 Å². The minimum Gasteiger partial charge on any atom is -0.288 e. The van der Waals surface area contributed by atoms with Crippen LogP contribution in [0, 0.1) is 5.41 Å². The fourth-order valence-corrected chi connectivity index (χ4v) is 4.85. The Morgan fingerprint density at radius 1 is 1.13 bits per heavy atom. The minimum absolute atomic E-state index is 0.00232. The van der Waals surface area contributed by atoms with Gasteiger partial charge in [-0.3, -0.25) is 9.69 Å². The maximum Gasteiger partial charge on any atom is 0.235 e. The van der Waals surface area contributed by atoms with Gasteiger partial charge in [-0.15, -0.1) is 6.58 Å². The Bertz CT molecular complexity index is 1090. The molecule has 1 aliphatic rings. The number of hydrogen-bond donors (Lipinski definition) is 0. The second-order valence-corrected chi connectivity index (χ2v) is 9.03. The molecule has 1 saturated heterocycles. The normalized spacial score (nSPS) is 23.6. The van der Waals surface area contributed by atoms with E-state index < -0.39 is 5.41 Å². The molecule has 1 unspecified atom stereocenters. The van der Waals surface area contributed by atoms with Crippen molar-refractivity contribution in [2.24, 2.45) is 5.41 Å². The molecule has 31 heavy (non-hydrogen) atoms. The summed E-state index contributed by atoms with van der Waals surface area (Å²) in [5.74, 6) is 0.587. The molecule has 0 N–H and O–H groups in total. The van der Waals surface area contributed by atoms with E-state index in [1.54, 1.807) is 12.3 Å². The van der Waals surface area contributed by atoms with Crippen molar-refractivity contribution in [1.29, 1.82) is 0 Å². The molecule has 2 aromatic carbocycles. The molecule has 3 atom stereocenters. The van der Waals surface area contributed by atoms with Gasteiger partial charge in [-0.2, -0.15) is 0 Å². The molecule has 4 rings (SSSR count). The lowest BCUT2D eigenvalue weighted by Crippen LogP contribution is -2.52. The van der Waals surface area contributed by atoms with E-state index in [0.29, 0.717) is 28.7 Å². The van der Waals surface area contributed by atoms with Crippen molar-refractivity contribution in [2.45, 2.75) is 31.7 Å². The highest BCUT2D eigenvalue weighted by atomic mass is 35.5. The summed E-state index contributed by atoms with van der Waals surface area (Å²) in [7, 11) is 0. The standard InChI is InChI=1S/C25H23Cl2N3O/c1-3-12-25(2)15-21(18-5-4-6-20(27)14-18)23(17-7-9-19(26)10-8-17)30(24(25)31)22-11-13-28-16-29-22/h3-11,13-14,16,21,23H,1,12,15H2,2H3/t21-,23?,25+/m1/s1. The van der Waals surface area contributed by atoms with Gasteiger partial charge in [-0.1, -0.05) is 60.5 Å². The number of piperidine rings is 1. The predicted molar refractivity (Wildman–Crippen MR) is 125 cm³/mol. The van der Waals surface area contributed by atoms with E-state index in [1.807, 2.05) is 60.4 Å². The zero-order chi connectivity index (χ0) is 22.0. The SMILES string of the molecule is C=CC[C@@]1(C)C[C@H](c2cccc(Cl)c2)C(c2ccc(Cl)cc2)N(c2ccncn2)C1=O. The van der Waals surface area contributed by atoms with Crippen LogP contribution in [0.3, 0.4) is 0 Å². The van der Waals surface area contributed by atoms with Crippen molar-refractivity contribution < 1.29 is 4.79 Å². The quantitative estimate of drug-likeness (QED) is 0.409. The number of halogens is 2. The van der Waals surface area contributed by atoms with Crippen molar-refractivity contribution in [2.75, 3.05) is 4.90 Å². The molecule has 1 aromatic heterocycles. The Morgan fingerprint density at radius 2 is 1.90 bits per heavy atom. The number of hydrogen-bond acceptors (Lipinski definition) is 3. The molecule has 0 radical (unpaired) electrons. The third kappa shape index (κ3) is 4.23. The highest BCUT2D eigenvalue weighted by Crippen LogP contribution is 2.52. The lowest BCUT2D eigenvalue weighted by molar-refractivity contribution is -0.131. The average Bonchev–Trinajstić information content (AvgIpc) is 2.77. The fraction of sp³-hybridized carbons (Fsp3) is 0.240. The number of amides is 1. The molecule has 3 aromatic rings. The van der Waals surface area contributed by atoms with E-state index >= 15 is 0 Å². The number of aromatic nitrogens is 2. The first-order chi connectivity index (χ1) is 14.9. The van der Waals surface area contributed by atoms with E-state index in [9.17, 15) is 4.79 Å². The van der Waals surface area contributed by atoms with Gasteiger partial charge in [0.15, 0.2) is 0 Å². The van der Waals surface area contributed by atoms with E-state index in [2.05, 4.69) is 22.6 Å². The number of benzene rings is 2. The number of carbonyl (C=O) groups excluding carboxylic acids is 1. The van der Waals surface area contributed by atoms with Gasteiger partial charge < -0.3 is 0 Å². The maximum absolute atomic E-state index is 13.9. The van der Waals surface area contributed by atoms with Gasteiger partial charge in [0.25, 0.3) is 0 Å². The lowest BCUT2D eigenvalue weighted by atomic mass is 9.67. The molecular formula is C25H23Cl2N3O. The number of allylic oxidation sites excluding steroid dienone is 1. The van der Waals surface area contributed by atoms with Crippen LogP contribution in [0.4, 0.5) is 5.82 Å². The lowest BCUT2D eigenvalue weighted by Gasteiger charge is -2.48. The van der Waals surface area contributed by atoms with Crippen molar-refractivity contribution >= 4 is 34.9 Å². The van der Waals surface area contributed by atoms with Crippen LogP contribution in [0.2, 0.25) is 10.0 Å². The highest BCUT2D eigenvalue weighted by molar-refractivity contribution is 6.30. The van der Waals surface area contributed by atoms with Gasteiger partial charge in [-0.05, 0) is 54.3 Å². The molecular weight excluding hydrogens is 429 g/mol. The van der Waals surface area contributed by atoms with Crippen LogP contribution in [0.5, 0.6) is 0 Å². The summed E-state index contributed by atoms with van der Waals surface area (Å²) in [6, 6.07) is 17.0. The molecule has 6 heteroatoms. The summed E-state index contributed by atoms with van der Waals surface area (Å²) in [6.07, 6.45) is 6.16. The molecule has 0 spiro atoms. The average molecular weight is 452 g/mol. The van der Waals surface area contributed by atoms with Crippen LogP contribution < -0.4 is 4.90 Å². The number of anilines is 1. The summed E-state index contributed by atoms with van der Waals surface area (Å²) >= 11 is 12.5. The number of rotatable bonds is 5. The van der Waals surface area contributed by atoms with E-state index in [-0.39, 0.29) is 17.9 Å². The molecule has 0 aliphatic carbocycles. The first-order valence-electron chi connectivity index (χ1n) is 10.1. The van der Waals surface area contributed by atoms with Crippen molar-refractivity contribution in [3.8, 4) is 0 Å². The van der Waals surface area contributed by atoms with Gasteiger partial charge >= 0.3 is 0 Å². The van der Waals surface area contributed by atoms with E-state index in [1.165, 1.54) is 6.33 Å². The second kappa shape index (κ2) is 8.81. The smallest absolute Gasteiger partial charge is 0.235 e. The summed E-state index contributed by atoms with van der Waals surface area (Å²) in [5, 5.41) is 1.32. The van der Waals surface area contributed by atoms with Gasteiger partial charge in [-0.25, -0.2) is 9.97 Å². The van der Waals surface area contributed by atoms with Crippen LogP contribution >= 0.6 is 23.2 Å². The van der Waals surface area contributed by atoms with Crippen molar-refractivity contribution in [1.82, 2.24) is 9.97 Å². The Morgan fingerprint density at radius 3 is 2.55 bits per heavy atom. The zero-order valence-corrected chi connectivity index (χ0v) is 18.7. The molecule has 1 aliphatic heterocycles. The maximum atomic E-state index is 13.9. The van der Waals surface area contributed by atoms with Crippen molar-refractivity contribution in [3.63, 3.8) is 0 Å². The molecule has 0 bridgehead atoms. The summed E-state index contributed by atoms with van der Waals surface area (Å²) in [4.78, 5) is 24.2. The second-order valence-electron chi connectivity index (χ2n) is 8.16. The topological polar surface area (TPSA) is 46.1 Å². The predicted octanol–water partition coefficient (Wildman–Crippen LogP) is 6.63. The number of carbonyl (C=O) groups is 1. The summed E-state index contributed by atoms with van der Waals surface area (Å²) < 4.78 is 0. The molecule has 0 saturated carbocycles. The Hall–Kier alpha value is -2.69. The molecule has 158 valence electrons. The molecule has 1 amide bonds. The van der Waals surface area contributed by atoms with Crippen LogP contribution in [-0.4, -0.2) is 15.9 Å². The summed E-state index contributed by atoms with van der Waals surface area (Å²) in [6.45, 7) is 5.90. The molecule has 1 fully saturated rings. The fourth-order valence-electron chi connectivity index (χ4n) is 4.52. The Labute approximate surface area is 192 Å². The van der Waals surface area contributed by atoms with E-state index in [4.69, 9.17) is 23.2 Å². The highest BCUT2D eigenvalue weighted by Gasteiger charge is 2.50. The van der Waals surface area contributed by atoms with Gasteiger partial charge in [0.05, 0.1) is 11.5 Å². The minimum atomic E-state index is -0.622. The van der Waals surface area contributed by atoms with Crippen LogP contribution in [0.15, 0.2) is 79.8 Å². The number of nitrogens with zero attached hydrogens (tertiary/aromatic N) is 3. The van der Waals surface area contributed by atoms with Crippen LogP contribution in [-0.2, 0) is 4.79 Å². The monoisotopic (exact) mass is 451 g/mol. The molecule has 4 nitrogen and oxygen atoms in total. The Balaban J connectivity index is 1.94. The third-order valence-electron chi connectivity index (χ3n) is 5.96. The zero-order valence-electron chi connectivity index (χ0n) is 17.2.